The summed E-state index contributed by atoms with van der Waals surface area (Å²) in [6, 6.07) is 1.74. The summed E-state index contributed by atoms with van der Waals surface area (Å²) in [4.78, 5) is 37.5. The first-order valence-electron chi connectivity index (χ1n) is 8.11. The summed E-state index contributed by atoms with van der Waals surface area (Å²) in [5.74, 6) is -2.40. The number of nitrogens with one attached hydrogen (secondary N) is 2. The zero-order valence-electron chi connectivity index (χ0n) is 13.9. The van der Waals surface area contributed by atoms with Crippen molar-refractivity contribution in [2.24, 2.45) is 5.92 Å². The second kappa shape index (κ2) is 6.09. The van der Waals surface area contributed by atoms with E-state index in [9.17, 15) is 23.2 Å². The van der Waals surface area contributed by atoms with Crippen molar-refractivity contribution in [3.05, 3.63) is 35.4 Å². The zero-order valence-corrected chi connectivity index (χ0v) is 13.9. The minimum Gasteiger partial charge on any atom is -0.348 e. The van der Waals surface area contributed by atoms with Gasteiger partial charge >= 0.3 is 6.03 Å². The monoisotopic (exact) mass is 351 g/mol. The zero-order chi connectivity index (χ0) is 18.4. The van der Waals surface area contributed by atoms with E-state index < -0.39 is 47.6 Å². The SMILES string of the molecule is CC(NC(=O)CN1C(=O)NC(C)(C2CC2)C1=O)c1ccc(F)cc1F. The largest absolute Gasteiger partial charge is 0.348 e. The number of benzene rings is 1. The van der Waals surface area contributed by atoms with E-state index in [0.29, 0.717) is 0 Å². The average molecular weight is 351 g/mol. The highest BCUT2D eigenvalue weighted by atomic mass is 19.1. The number of amides is 4. The maximum absolute atomic E-state index is 13.8. The lowest BCUT2D eigenvalue weighted by atomic mass is 9.96. The highest BCUT2D eigenvalue weighted by Gasteiger charge is 2.56. The summed E-state index contributed by atoms with van der Waals surface area (Å²) < 4.78 is 26.7. The van der Waals surface area contributed by atoms with E-state index in [1.807, 2.05) is 0 Å². The number of carbonyl (C=O) groups excluding carboxylic acids is 3. The fraction of sp³-hybridized carbons (Fsp3) is 0.471. The van der Waals surface area contributed by atoms with Crippen LogP contribution in [0.3, 0.4) is 0 Å². The van der Waals surface area contributed by atoms with Crippen LogP contribution in [-0.4, -0.2) is 34.8 Å². The van der Waals surface area contributed by atoms with Crippen molar-refractivity contribution in [3.8, 4) is 0 Å². The van der Waals surface area contributed by atoms with Crippen LogP contribution >= 0.6 is 0 Å². The lowest BCUT2D eigenvalue weighted by Crippen LogP contribution is -2.47. The molecule has 2 N–H and O–H groups in total. The second-order valence-corrected chi connectivity index (χ2v) is 6.75. The van der Waals surface area contributed by atoms with E-state index in [1.54, 1.807) is 6.92 Å². The molecule has 1 heterocycles. The molecule has 1 aromatic rings. The maximum atomic E-state index is 13.8. The fourth-order valence-corrected chi connectivity index (χ4v) is 3.16. The Kier molecular flexibility index (Phi) is 4.22. The Labute approximate surface area is 143 Å². The van der Waals surface area contributed by atoms with Gasteiger partial charge in [-0.1, -0.05) is 6.07 Å². The third kappa shape index (κ3) is 3.20. The molecule has 4 amide bonds. The van der Waals surface area contributed by atoms with Gasteiger partial charge in [0.15, 0.2) is 0 Å². The van der Waals surface area contributed by atoms with Crippen LogP contribution in [0.5, 0.6) is 0 Å². The van der Waals surface area contributed by atoms with Gasteiger partial charge in [-0.25, -0.2) is 13.6 Å². The van der Waals surface area contributed by atoms with E-state index in [1.165, 1.54) is 13.0 Å². The van der Waals surface area contributed by atoms with E-state index in [4.69, 9.17) is 0 Å². The van der Waals surface area contributed by atoms with Gasteiger partial charge in [0.05, 0.1) is 6.04 Å². The Morgan fingerprint density at radius 3 is 2.68 bits per heavy atom. The lowest BCUT2D eigenvalue weighted by molar-refractivity contribution is -0.135. The van der Waals surface area contributed by atoms with Gasteiger partial charge in [0, 0.05) is 11.6 Å². The third-order valence-corrected chi connectivity index (χ3v) is 4.80. The molecule has 2 aliphatic rings. The van der Waals surface area contributed by atoms with Gasteiger partial charge in [0.1, 0.15) is 23.7 Å². The van der Waals surface area contributed by atoms with Crippen LogP contribution in [0.25, 0.3) is 0 Å². The highest BCUT2D eigenvalue weighted by Crippen LogP contribution is 2.42. The van der Waals surface area contributed by atoms with Gasteiger partial charge in [-0.15, -0.1) is 0 Å². The first kappa shape index (κ1) is 17.3. The van der Waals surface area contributed by atoms with Gasteiger partial charge < -0.3 is 10.6 Å². The van der Waals surface area contributed by atoms with Crippen LogP contribution in [0.2, 0.25) is 0 Å². The van der Waals surface area contributed by atoms with Crippen LogP contribution in [0.1, 0.15) is 38.3 Å². The standard InChI is InChI=1S/C17H19F2N3O3/c1-9(12-6-5-11(18)7-13(12)19)20-14(23)8-22-15(24)17(2,10-3-4-10)21-16(22)25/h5-7,9-10H,3-4,8H2,1-2H3,(H,20,23)(H,21,25). The van der Waals surface area contributed by atoms with Crippen molar-refractivity contribution in [3.63, 3.8) is 0 Å². The molecular formula is C17H19F2N3O3. The van der Waals surface area contributed by atoms with Gasteiger partial charge in [-0.05, 0) is 38.7 Å². The summed E-state index contributed by atoms with van der Waals surface area (Å²) in [6.45, 7) is 2.76. The molecule has 1 saturated heterocycles. The van der Waals surface area contributed by atoms with E-state index in [2.05, 4.69) is 10.6 Å². The first-order valence-corrected chi connectivity index (χ1v) is 8.11. The smallest absolute Gasteiger partial charge is 0.325 e. The van der Waals surface area contributed by atoms with Gasteiger partial charge in [0.2, 0.25) is 5.91 Å². The van der Waals surface area contributed by atoms with Crippen molar-refractivity contribution in [1.29, 1.82) is 0 Å². The number of urea groups is 1. The fourth-order valence-electron chi connectivity index (χ4n) is 3.16. The van der Waals surface area contributed by atoms with Crippen LogP contribution in [-0.2, 0) is 9.59 Å². The van der Waals surface area contributed by atoms with Crippen molar-refractivity contribution in [1.82, 2.24) is 15.5 Å². The summed E-state index contributed by atoms with van der Waals surface area (Å²) in [5.41, 5.74) is -0.832. The molecule has 0 bridgehead atoms. The van der Waals surface area contributed by atoms with Crippen LogP contribution in [0, 0.1) is 17.6 Å². The second-order valence-electron chi connectivity index (χ2n) is 6.75. The van der Waals surface area contributed by atoms with Crippen LogP contribution < -0.4 is 10.6 Å². The van der Waals surface area contributed by atoms with Crippen LogP contribution in [0.15, 0.2) is 18.2 Å². The van der Waals surface area contributed by atoms with Crippen LogP contribution in [0.4, 0.5) is 13.6 Å². The predicted octanol–water partition coefficient (Wildman–Crippen LogP) is 1.86. The van der Waals surface area contributed by atoms with Crippen molar-refractivity contribution >= 4 is 17.8 Å². The van der Waals surface area contributed by atoms with Crippen molar-refractivity contribution in [2.45, 2.75) is 38.3 Å². The number of halogens is 2. The minimum atomic E-state index is -0.952. The Bertz CT molecular complexity index is 751. The number of imide groups is 1. The summed E-state index contributed by atoms with van der Waals surface area (Å²) in [7, 11) is 0. The molecule has 8 heteroatoms. The van der Waals surface area contributed by atoms with E-state index in [-0.39, 0.29) is 11.5 Å². The molecule has 0 aromatic heterocycles. The molecule has 1 aliphatic heterocycles. The Hall–Kier alpha value is -2.51. The van der Waals surface area contributed by atoms with Crippen molar-refractivity contribution in [2.75, 3.05) is 6.54 Å². The number of hydrogen-bond acceptors (Lipinski definition) is 3. The average Bonchev–Trinajstić information content (AvgIpc) is 3.33. The normalized spacial score (nSPS) is 24.2. The van der Waals surface area contributed by atoms with Gasteiger partial charge in [0.25, 0.3) is 5.91 Å². The molecule has 0 spiro atoms. The number of nitrogens with zero attached hydrogens (tertiary/aromatic N) is 1. The molecule has 0 radical (unpaired) electrons. The molecule has 134 valence electrons. The summed E-state index contributed by atoms with van der Waals surface area (Å²) >= 11 is 0. The molecule has 2 atom stereocenters. The van der Waals surface area contributed by atoms with Crippen molar-refractivity contribution < 1.29 is 23.2 Å². The molecule has 3 rings (SSSR count). The summed E-state index contributed by atoms with van der Waals surface area (Å²) in [5, 5.41) is 5.17. The third-order valence-electron chi connectivity index (χ3n) is 4.80. The Balaban J connectivity index is 1.64. The Morgan fingerprint density at radius 1 is 1.40 bits per heavy atom. The molecular weight excluding hydrogens is 332 g/mol. The maximum Gasteiger partial charge on any atom is 0.325 e. The molecule has 25 heavy (non-hydrogen) atoms. The number of rotatable bonds is 5. The predicted molar refractivity (Wildman–Crippen MR) is 84.3 cm³/mol. The molecule has 1 aliphatic carbocycles. The quantitative estimate of drug-likeness (QED) is 0.795. The van der Waals surface area contributed by atoms with E-state index in [0.717, 1.165) is 29.9 Å². The molecule has 2 fully saturated rings. The lowest BCUT2D eigenvalue weighted by Gasteiger charge is -2.21. The Morgan fingerprint density at radius 2 is 2.08 bits per heavy atom. The molecule has 1 saturated carbocycles. The van der Waals surface area contributed by atoms with Gasteiger partial charge in [-0.2, -0.15) is 0 Å². The number of hydrogen-bond donors (Lipinski definition) is 2. The first-order chi connectivity index (χ1) is 11.7. The summed E-state index contributed by atoms with van der Waals surface area (Å²) in [6.07, 6.45) is 1.73. The molecule has 1 aromatic carbocycles. The van der Waals surface area contributed by atoms with Gasteiger partial charge in [-0.3, -0.25) is 14.5 Å². The van der Waals surface area contributed by atoms with E-state index >= 15 is 0 Å². The number of carbonyl (C=O) groups is 3. The molecule has 6 nitrogen and oxygen atoms in total. The minimum absolute atomic E-state index is 0.101. The highest BCUT2D eigenvalue weighted by molar-refractivity contribution is 6.09. The molecule has 2 unspecified atom stereocenters. The topological polar surface area (TPSA) is 78.5 Å².